The third kappa shape index (κ3) is 5.80. The van der Waals surface area contributed by atoms with Crippen LogP contribution in [0.5, 0.6) is 0 Å². The summed E-state index contributed by atoms with van der Waals surface area (Å²) in [7, 11) is -3.20. The Kier molecular flexibility index (Phi) is 7.28. The zero-order chi connectivity index (χ0) is 22.2. The Balaban J connectivity index is 0.000000192. The van der Waals surface area contributed by atoms with Gasteiger partial charge in [-0.05, 0) is 72.7 Å². The molecule has 162 valence electrons. The van der Waals surface area contributed by atoms with Gasteiger partial charge in [-0.2, -0.15) is 14.1 Å². The number of sulfonamides is 1. The average molecular weight is 764 g/mol. The van der Waals surface area contributed by atoms with Gasteiger partial charge in [-0.25, -0.2) is 23.1 Å². The molecule has 31 heavy (non-hydrogen) atoms. The number of benzene rings is 1. The Hall–Kier alpha value is -0.730. The average Bonchev–Trinajstić information content (AvgIpc) is 3.46. The van der Waals surface area contributed by atoms with Crippen molar-refractivity contribution in [3.8, 4) is 10.6 Å². The third-order valence-electron chi connectivity index (χ3n) is 3.78. The number of rotatable bonds is 4. The number of aromatic nitrogens is 6. The smallest absolute Gasteiger partial charge is 0.213 e. The standard InChI is InChI=1S/C12H11IN4O2S2.C4HBrIN3S/c1-21(18,19)15-6-8-3-2-4-9(5-8)11-16-17-10(13)7-14-12(17)20-11;5-3-8-9-2(6)1-7-4(9)10-3/h2-5,7,15H,6H2,1H3;1H. The topological polar surface area (TPSA) is 107 Å². The van der Waals surface area contributed by atoms with Crippen molar-refractivity contribution in [3.63, 3.8) is 0 Å². The molecule has 4 heterocycles. The molecule has 0 saturated heterocycles. The van der Waals surface area contributed by atoms with Gasteiger partial charge < -0.3 is 0 Å². The Morgan fingerprint density at radius 1 is 1.06 bits per heavy atom. The largest absolute Gasteiger partial charge is 0.225 e. The van der Waals surface area contributed by atoms with Crippen molar-refractivity contribution in [3.05, 3.63) is 53.5 Å². The van der Waals surface area contributed by atoms with Crippen LogP contribution in [-0.2, 0) is 16.6 Å². The van der Waals surface area contributed by atoms with E-state index in [-0.39, 0.29) is 6.54 Å². The van der Waals surface area contributed by atoms with E-state index < -0.39 is 10.0 Å². The molecule has 5 rings (SSSR count). The first-order valence-electron chi connectivity index (χ1n) is 8.39. The molecule has 0 unspecified atom stereocenters. The second kappa shape index (κ2) is 9.64. The van der Waals surface area contributed by atoms with Crippen LogP contribution >= 0.6 is 83.8 Å². The quantitative estimate of drug-likeness (QED) is 0.275. The number of nitrogens with zero attached hydrogens (tertiary/aromatic N) is 6. The number of hydrogen-bond acceptors (Lipinski definition) is 8. The summed E-state index contributed by atoms with van der Waals surface area (Å²) in [6, 6.07) is 7.66. The van der Waals surface area contributed by atoms with Crippen LogP contribution in [0, 0.1) is 7.40 Å². The molecule has 0 amide bonds. The summed E-state index contributed by atoms with van der Waals surface area (Å²) in [6.45, 7) is 0.271. The molecule has 4 aromatic heterocycles. The second-order valence-electron chi connectivity index (χ2n) is 6.11. The van der Waals surface area contributed by atoms with Gasteiger partial charge in [0.1, 0.15) is 12.4 Å². The van der Waals surface area contributed by atoms with Crippen molar-refractivity contribution in [1.82, 2.24) is 33.9 Å². The molecule has 9 nitrogen and oxygen atoms in total. The molecule has 0 fully saturated rings. The summed E-state index contributed by atoms with van der Waals surface area (Å²) in [6.07, 6.45) is 4.72. The SMILES string of the molecule is Brc1nn2c(I)cnc2s1.CS(=O)(=O)NCc1cccc(-c2nn3c(I)cnc3s2)c1. The number of fused-ring (bicyclic) bond motifs is 2. The fraction of sp³-hybridized carbons (Fsp3) is 0.125. The Bertz CT molecular complexity index is 1480. The predicted molar refractivity (Wildman–Crippen MR) is 142 cm³/mol. The lowest BCUT2D eigenvalue weighted by molar-refractivity contribution is 0.587. The van der Waals surface area contributed by atoms with Crippen molar-refractivity contribution in [2.45, 2.75) is 6.54 Å². The highest BCUT2D eigenvalue weighted by molar-refractivity contribution is 14.1. The number of nitrogens with one attached hydrogen (secondary N) is 1. The number of hydrogen-bond donors (Lipinski definition) is 1. The van der Waals surface area contributed by atoms with E-state index in [1.807, 2.05) is 24.3 Å². The van der Waals surface area contributed by atoms with Crippen LogP contribution in [0.2, 0.25) is 0 Å². The molecule has 0 radical (unpaired) electrons. The summed E-state index contributed by atoms with van der Waals surface area (Å²) in [5.74, 6) is 0. The Labute approximate surface area is 220 Å². The zero-order valence-corrected chi connectivity index (χ0v) is 23.9. The first-order valence-corrected chi connectivity index (χ1v) is 14.9. The van der Waals surface area contributed by atoms with Gasteiger partial charge in [0, 0.05) is 12.1 Å². The highest BCUT2D eigenvalue weighted by Crippen LogP contribution is 2.27. The summed E-state index contributed by atoms with van der Waals surface area (Å²) >= 11 is 10.7. The van der Waals surface area contributed by atoms with Gasteiger partial charge in [0.25, 0.3) is 0 Å². The van der Waals surface area contributed by atoms with E-state index in [1.54, 1.807) is 21.4 Å². The van der Waals surface area contributed by atoms with Crippen molar-refractivity contribution >= 4 is 104 Å². The summed E-state index contributed by atoms with van der Waals surface area (Å²) < 4.78 is 31.2. The van der Waals surface area contributed by atoms with Gasteiger partial charge in [-0.3, -0.25) is 0 Å². The highest BCUT2D eigenvalue weighted by atomic mass is 127. The molecule has 0 spiro atoms. The van der Waals surface area contributed by atoms with E-state index in [9.17, 15) is 8.42 Å². The Morgan fingerprint density at radius 3 is 2.32 bits per heavy atom. The van der Waals surface area contributed by atoms with E-state index in [4.69, 9.17) is 0 Å². The molecule has 0 aliphatic carbocycles. The van der Waals surface area contributed by atoms with Crippen LogP contribution < -0.4 is 4.72 Å². The molecule has 0 saturated carbocycles. The number of halogens is 3. The van der Waals surface area contributed by atoms with Gasteiger partial charge in [0.2, 0.25) is 19.9 Å². The lowest BCUT2D eigenvalue weighted by Crippen LogP contribution is -2.21. The summed E-state index contributed by atoms with van der Waals surface area (Å²) in [4.78, 5) is 10.2. The summed E-state index contributed by atoms with van der Waals surface area (Å²) in [5, 5.41) is 9.53. The van der Waals surface area contributed by atoms with Crippen LogP contribution in [0.25, 0.3) is 20.5 Å². The van der Waals surface area contributed by atoms with E-state index in [2.05, 4.69) is 86.0 Å². The van der Waals surface area contributed by atoms with Gasteiger partial charge in [-0.1, -0.05) is 40.9 Å². The van der Waals surface area contributed by atoms with Crippen molar-refractivity contribution in [1.29, 1.82) is 0 Å². The van der Waals surface area contributed by atoms with Gasteiger partial charge in [-0.15, -0.1) is 5.10 Å². The van der Waals surface area contributed by atoms with Crippen molar-refractivity contribution in [2.75, 3.05) is 6.26 Å². The molecule has 0 bridgehead atoms. The van der Waals surface area contributed by atoms with Crippen molar-refractivity contribution < 1.29 is 8.42 Å². The highest BCUT2D eigenvalue weighted by Gasteiger charge is 2.10. The van der Waals surface area contributed by atoms with Crippen molar-refractivity contribution in [2.24, 2.45) is 0 Å². The van der Waals surface area contributed by atoms with E-state index in [0.717, 1.165) is 43.6 Å². The normalized spacial score (nSPS) is 11.7. The monoisotopic (exact) mass is 763 g/mol. The van der Waals surface area contributed by atoms with Crippen LogP contribution in [0.3, 0.4) is 0 Å². The maximum absolute atomic E-state index is 11.1. The van der Waals surface area contributed by atoms with Gasteiger partial charge >= 0.3 is 0 Å². The molecule has 0 aliphatic heterocycles. The van der Waals surface area contributed by atoms with E-state index in [0.29, 0.717) is 0 Å². The third-order valence-corrected chi connectivity index (χ3v) is 8.24. The maximum atomic E-state index is 11.1. The molecule has 5 aromatic rings. The fourth-order valence-electron chi connectivity index (χ4n) is 2.46. The first-order chi connectivity index (χ1) is 14.7. The van der Waals surface area contributed by atoms with Crippen LogP contribution in [0.1, 0.15) is 5.56 Å². The molecule has 0 aliphatic rings. The fourth-order valence-corrected chi connectivity index (χ4v) is 6.23. The maximum Gasteiger partial charge on any atom is 0.213 e. The molecular weight excluding hydrogens is 752 g/mol. The Morgan fingerprint density at radius 2 is 1.71 bits per heavy atom. The van der Waals surface area contributed by atoms with Crippen LogP contribution in [0.15, 0.2) is 40.6 Å². The minimum atomic E-state index is -3.20. The summed E-state index contributed by atoms with van der Waals surface area (Å²) in [5.41, 5.74) is 1.84. The lowest BCUT2D eigenvalue weighted by atomic mass is 10.1. The molecule has 1 N–H and O–H groups in total. The second-order valence-corrected chi connectivity index (χ2v) is 13.3. The van der Waals surface area contributed by atoms with Gasteiger partial charge in [0.05, 0.1) is 18.6 Å². The molecule has 1 aromatic carbocycles. The molecule has 15 heteroatoms. The van der Waals surface area contributed by atoms with Gasteiger partial charge in [0.15, 0.2) is 3.92 Å². The van der Waals surface area contributed by atoms with E-state index in [1.165, 1.54) is 22.7 Å². The zero-order valence-electron chi connectivity index (χ0n) is 15.5. The minimum absolute atomic E-state index is 0.271. The van der Waals surface area contributed by atoms with Crippen LogP contribution in [0.4, 0.5) is 0 Å². The molecular formula is C16H12BrI2N7O2S3. The van der Waals surface area contributed by atoms with Crippen LogP contribution in [-0.4, -0.2) is 43.9 Å². The van der Waals surface area contributed by atoms with E-state index >= 15 is 0 Å². The predicted octanol–water partition coefficient (Wildman–Crippen LogP) is 4.27. The number of imidazole rings is 2. The molecule has 0 atom stereocenters. The lowest BCUT2D eigenvalue weighted by Gasteiger charge is -2.04. The minimum Gasteiger partial charge on any atom is -0.225 e. The first kappa shape index (κ1) is 23.4.